The molecule has 1 aliphatic rings. The van der Waals surface area contributed by atoms with Gasteiger partial charge in [0.2, 0.25) is 0 Å². The minimum Gasteiger partial charge on any atom is -0.355 e. The van der Waals surface area contributed by atoms with Gasteiger partial charge in [0.15, 0.2) is 0 Å². The van der Waals surface area contributed by atoms with Gasteiger partial charge >= 0.3 is 0 Å². The van der Waals surface area contributed by atoms with Crippen LogP contribution in [0.5, 0.6) is 0 Å². The van der Waals surface area contributed by atoms with Crippen LogP contribution in [0.2, 0.25) is 0 Å². The molecule has 0 radical (unpaired) electrons. The molecule has 4 heteroatoms. The highest BCUT2D eigenvalue weighted by Crippen LogP contribution is 2.25. The number of alkyl halides is 2. The van der Waals surface area contributed by atoms with Crippen LogP contribution >= 0.6 is 27.5 Å². The molecule has 0 unspecified atom stereocenters. The highest BCUT2D eigenvalue weighted by atomic mass is 79.9. The summed E-state index contributed by atoms with van der Waals surface area (Å²) in [4.78, 5) is 0. The molecule has 0 aromatic rings. The highest BCUT2D eigenvalue weighted by Gasteiger charge is 2.31. The Kier molecular flexibility index (Phi) is 3.43. The lowest BCUT2D eigenvalue weighted by molar-refractivity contribution is -0.150. The summed E-state index contributed by atoms with van der Waals surface area (Å²) in [7, 11) is 0. The molecule has 0 bridgehead atoms. The monoisotopic (exact) mass is 228 g/mol. The Hall–Kier alpha value is 0.690. The smallest absolute Gasteiger partial charge is 0.146 e. The average Bonchev–Trinajstić information content (AvgIpc) is 2.06. The second-order valence-corrected chi connectivity index (χ2v) is 3.41. The molecule has 0 aromatic carbocycles. The van der Waals surface area contributed by atoms with Crippen LogP contribution in [0.3, 0.4) is 0 Å². The van der Waals surface area contributed by atoms with Gasteiger partial charge in [-0.2, -0.15) is 0 Å². The average molecular weight is 230 g/mol. The van der Waals surface area contributed by atoms with Gasteiger partial charge in [0, 0.05) is 16.6 Å². The summed E-state index contributed by atoms with van der Waals surface area (Å²) < 4.78 is 10.3. The van der Waals surface area contributed by atoms with E-state index in [1.54, 1.807) is 0 Å². The third-order valence-electron chi connectivity index (χ3n) is 1.55. The van der Waals surface area contributed by atoms with Crippen molar-refractivity contribution in [1.29, 1.82) is 0 Å². The number of ether oxygens (including phenoxy) is 2. The van der Waals surface area contributed by atoms with E-state index in [4.69, 9.17) is 21.1 Å². The lowest BCUT2D eigenvalue weighted by Gasteiger charge is -2.32. The predicted octanol–water partition coefficient (Wildman–Crippen LogP) is 1.61. The van der Waals surface area contributed by atoms with Gasteiger partial charge < -0.3 is 9.47 Å². The number of rotatable bonds is 2. The van der Waals surface area contributed by atoms with Crippen LogP contribution in [0.25, 0.3) is 0 Å². The fourth-order valence-corrected chi connectivity index (χ4v) is 1.81. The van der Waals surface area contributed by atoms with Crippen molar-refractivity contribution in [3.8, 4) is 0 Å². The maximum Gasteiger partial charge on any atom is 0.146 e. The summed E-state index contributed by atoms with van der Waals surface area (Å²) >= 11 is 9.13. The first-order chi connectivity index (χ1) is 4.83. The summed E-state index contributed by atoms with van der Waals surface area (Å²) in [6, 6.07) is 0. The normalized spacial score (nSPS) is 24.6. The van der Waals surface area contributed by atoms with E-state index in [1.807, 2.05) is 0 Å². The second-order valence-electron chi connectivity index (χ2n) is 2.58. The van der Waals surface area contributed by atoms with Crippen LogP contribution in [-0.2, 0) is 9.47 Å². The van der Waals surface area contributed by atoms with E-state index < -0.39 is 0 Å². The zero-order chi connectivity index (χ0) is 7.45. The molecular weight excluding hydrogens is 219 g/mol. The van der Waals surface area contributed by atoms with Gasteiger partial charge in [-0.1, -0.05) is 15.9 Å². The zero-order valence-electron chi connectivity index (χ0n) is 5.61. The van der Waals surface area contributed by atoms with Crippen LogP contribution in [0.1, 0.15) is 0 Å². The standard InChI is InChI=1S/C6H10BrClO2/c7-1-6(2-8)3-9-5-10-4-6/h1-5H2. The van der Waals surface area contributed by atoms with E-state index in [0.29, 0.717) is 25.9 Å². The van der Waals surface area contributed by atoms with Gasteiger partial charge in [-0.3, -0.25) is 0 Å². The lowest BCUT2D eigenvalue weighted by atomic mass is 9.95. The zero-order valence-corrected chi connectivity index (χ0v) is 7.95. The van der Waals surface area contributed by atoms with Gasteiger partial charge in [0.25, 0.3) is 0 Å². The third kappa shape index (κ3) is 1.84. The Morgan fingerprint density at radius 1 is 1.40 bits per heavy atom. The van der Waals surface area contributed by atoms with Crippen molar-refractivity contribution in [1.82, 2.24) is 0 Å². The van der Waals surface area contributed by atoms with Crippen LogP contribution in [-0.4, -0.2) is 31.2 Å². The fraction of sp³-hybridized carbons (Fsp3) is 1.00. The van der Waals surface area contributed by atoms with Crippen molar-refractivity contribution in [2.24, 2.45) is 5.41 Å². The predicted molar refractivity (Wildman–Crippen MR) is 43.7 cm³/mol. The fourth-order valence-electron chi connectivity index (χ4n) is 0.807. The summed E-state index contributed by atoms with van der Waals surface area (Å²) in [6.07, 6.45) is 0. The molecule has 0 aliphatic carbocycles. The van der Waals surface area contributed by atoms with Crippen LogP contribution in [0, 0.1) is 5.41 Å². The summed E-state index contributed by atoms with van der Waals surface area (Å²) in [5.74, 6) is 0.582. The molecule has 0 saturated carbocycles. The van der Waals surface area contributed by atoms with Crippen LogP contribution < -0.4 is 0 Å². The number of hydrogen-bond acceptors (Lipinski definition) is 2. The second kappa shape index (κ2) is 3.90. The molecule has 0 aromatic heterocycles. The Bertz CT molecular complexity index is 97.9. The van der Waals surface area contributed by atoms with E-state index in [-0.39, 0.29) is 5.41 Å². The molecule has 1 saturated heterocycles. The maximum absolute atomic E-state index is 5.75. The minimum atomic E-state index is -0.000193. The molecule has 10 heavy (non-hydrogen) atoms. The number of halogens is 2. The van der Waals surface area contributed by atoms with E-state index in [2.05, 4.69) is 15.9 Å². The first-order valence-electron chi connectivity index (χ1n) is 3.10. The maximum atomic E-state index is 5.75. The van der Waals surface area contributed by atoms with Crippen molar-refractivity contribution in [2.75, 3.05) is 31.2 Å². The molecule has 1 heterocycles. The summed E-state index contributed by atoms with van der Waals surface area (Å²) in [5, 5.41) is 0.837. The first-order valence-corrected chi connectivity index (χ1v) is 4.76. The molecule has 1 fully saturated rings. The summed E-state index contributed by atoms with van der Waals surface area (Å²) in [5.41, 5.74) is -0.000193. The first kappa shape index (κ1) is 8.78. The van der Waals surface area contributed by atoms with Gasteiger partial charge in [-0.15, -0.1) is 11.6 Å². The molecule has 2 nitrogen and oxygen atoms in total. The molecule has 1 rings (SSSR count). The lowest BCUT2D eigenvalue weighted by Crippen LogP contribution is -2.40. The Morgan fingerprint density at radius 3 is 2.30 bits per heavy atom. The van der Waals surface area contributed by atoms with Gasteiger partial charge in [0.05, 0.1) is 13.2 Å². The molecule has 60 valence electrons. The molecular formula is C6H10BrClO2. The minimum absolute atomic E-state index is 0.000193. The molecule has 0 amide bonds. The van der Waals surface area contributed by atoms with Crippen molar-refractivity contribution in [3.05, 3.63) is 0 Å². The quantitative estimate of drug-likeness (QED) is 0.670. The SMILES string of the molecule is ClCC1(CBr)COCOC1. The number of hydrogen-bond donors (Lipinski definition) is 0. The largest absolute Gasteiger partial charge is 0.355 e. The molecule has 0 spiro atoms. The van der Waals surface area contributed by atoms with Crippen LogP contribution in [0.4, 0.5) is 0 Å². The van der Waals surface area contributed by atoms with Gasteiger partial charge in [-0.05, 0) is 0 Å². The summed E-state index contributed by atoms with van der Waals surface area (Å²) in [6.45, 7) is 1.80. The topological polar surface area (TPSA) is 18.5 Å². The van der Waals surface area contributed by atoms with E-state index in [9.17, 15) is 0 Å². The van der Waals surface area contributed by atoms with E-state index in [1.165, 1.54) is 0 Å². The Morgan fingerprint density at radius 2 is 2.00 bits per heavy atom. The molecule has 0 N–H and O–H groups in total. The molecule has 0 atom stereocenters. The van der Waals surface area contributed by atoms with E-state index >= 15 is 0 Å². The van der Waals surface area contributed by atoms with Crippen molar-refractivity contribution < 1.29 is 9.47 Å². The van der Waals surface area contributed by atoms with E-state index in [0.717, 1.165) is 5.33 Å². The molecule has 1 aliphatic heterocycles. The van der Waals surface area contributed by atoms with Crippen molar-refractivity contribution >= 4 is 27.5 Å². The Labute approximate surface area is 74.0 Å². The van der Waals surface area contributed by atoms with Crippen molar-refractivity contribution in [2.45, 2.75) is 0 Å². The van der Waals surface area contributed by atoms with Crippen molar-refractivity contribution in [3.63, 3.8) is 0 Å². The highest BCUT2D eigenvalue weighted by molar-refractivity contribution is 9.09. The van der Waals surface area contributed by atoms with Crippen LogP contribution in [0.15, 0.2) is 0 Å². The third-order valence-corrected chi connectivity index (χ3v) is 3.31. The Balaban J connectivity index is 2.44. The van der Waals surface area contributed by atoms with Gasteiger partial charge in [-0.25, -0.2) is 0 Å². The van der Waals surface area contributed by atoms with Gasteiger partial charge in [0.1, 0.15) is 6.79 Å².